The van der Waals surface area contributed by atoms with Gasteiger partial charge >= 0.3 is 5.97 Å². The minimum absolute atomic E-state index is 0.00960. The number of nitrogens with one attached hydrogen (secondary N) is 1. The fourth-order valence-corrected chi connectivity index (χ4v) is 10.7. The van der Waals surface area contributed by atoms with Crippen LogP contribution in [-0.2, 0) is 14.3 Å². The van der Waals surface area contributed by atoms with Crippen molar-refractivity contribution in [3.8, 4) is 0 Å². The molecular weight excluding hydrogens is 923 g/mol. The van der Waals surface area contributed by atoms with Crippen molar-refractivity contribution in [2.75, 3.05) is 13.2 Å². The zero-order chi connectivity index (χ0) is 54.3. The van der Waals surface area contributed by atoms with Gasteiger partial charge in [0.05, 0.1) is 25.4 Å². The van der Waals surface area contributed by atoms with E-state index in [1.165, 1.54) is 308 Å². The van der Waals surface area contributed by atoms with Gasteiger partial charge in [-0.05, 0) is 51.4 Å². The quantitative estimate of drug-likeness (QED) is 0.0320. The molecule has 0 radical (unpaired) electrons. The summed E-state index contributed by atoms with van der Waals surface area (Å²) in [5, 5.41) is 23.2. The first-order valence-corrected chi connectivity index (χ1v) is 34.1. The van der Waals surface area contributed by atoms with Crippen LogP contribution >= 0.6 is 0 Å². The lowest BCUT2D eigenvalue weighted by molar-refractivity contribution is -0.143. The molecule has 0 rings (SSSR count). The number of carbonyl (C=O) groups is 2. The summed E-state index contributed by atoms with van der Waals surface area (Å²) in [6, 6.07) is -0.624. The third-order valence-corrected chi connectivity index (χ3v) is 16.0. The Morgan fingerprint density at radius 1 is 0.360 bits per heavy atom. The minimum Gasteiger partial charge on any atom is -0.466 e. The molecule has 6 heteroatoms. The second-order valence-corrected chi connectivity index (χ2v) is 23.5. The molecular formula is C69H133NO5. The van der Waals surface area contributed by atoms with Crippen LogP contribution in [-0.4, -0.2) is 47.4 Å². The zero-order valence-electron chi connectivity index (χ0n) is 50.8. The molecule has 0 aromatic heterocycles. The van der Waals surface area contributed by atoms with Crippen molar-refractivity contribution in [2.45, 2.75) is 392 Å². The number of amides is 1. The van der Waals surface area contributed by atoms with Crippen LogP contribution in [0.3, 0.4) is 0 Å². The smallest absolute Gasteiger partial charge is 0.305 e. The Morgan fingerprint density at radius 2 is 0.640 bits per heavy atom. The first-order valence-electron chi connectivity index (χ1n) is 34.1. The molecule has 0 spiro atoms. The number of aliphatic hydroxyl groups is 2. The van der Waals surface area contributed by atoms with Gasteiger partial charge in [-0.2, -0.15) is 0 Å². The normalized spacial score (nSPS) is 12.6. The molecule has 0 aliphatic carbocycles. The van der Waals surface area contributed by atoms with Gasteiger partial charge < -0.3 is 20.3 Å². The van der Waals surface area contributed by atoms with Crippen molar-refractivity contribution < 1.29 is 24.5 Å². The number of ether oxygens (including phenoxy) is 1. The maximum absolute atomic E-state index is 12.5. The number of rotatable bonds is 64. The van der Waals surface area contributed by atoms with E-state index in [9.17, 15) is 19.8 Å². The summed E-state index contributed by atoms with van der Waals surface area (Å²) in [4.78, 5) is 24.5. The van der Waals surface area contributed by atoms with Gasteiger partial charge in [0, 0.05) is 12.8 Å². The van der Waals surface area contributed by atoms with Crippen molar-refractivity contribution in [3.05, 3.63) is 24.3 Å². The number of aliphatic hydroxyl groups excluding tert-OH is 2. The summed E-state index contributed by atoms with van der Waals surface area (Å²) < 4.78 is 5.47. The SMILES string of the molecule is CCCC/C=C\CCCCCCCC(=O)OCCCCCCCCCCCCCCCCCCCCCCCCCCCCCCCCCC(=O)NC(CO)C(O)/C=C/CCCCCCCCCCCCCCCC. The highest BCUT2D eigenvalue weighted by Crippen LogP contribution is 2.19. The molecule has 1 amide bonds. The second kappa shape index (κ2) is 64.9. The Morgan fingerprint density at radius 3 is 0.987 bits per heavy atom. The van der Waals surface area contributed by atoms with Crippen LogP contribution in [0.4, 0.5) is 0 Å². The van der Waals surface area contributed by atoms with Crippen LogP contribution in [0.15, 0.2) is 24.3 Å². The van der Waals surface area contributed by atoms with Crippen molar-refractivity contribution in [3.63, 3.8) is 0 Å². The topological polar surface area (TPSA) is 95.9 Å². The summed E-state index contributed by atoms with van der Waals surface area (Å²) in [7, 11) is 0. The number of hydrogen-bond acceptors (Lipinski definition) is 5. The lowest BCUT2D eigenvalue weighted by atomic mass is 10.0. The van der Waals surface area contributed by atoms with E-state index in [-0.39, 0.29) is 18.5 Å². The fourth-order valence-electron chi connectivity index (χ4n) is 10.7. The van der Waals surface area contributed by atoms with E-state index in [0.29, 0.717) is 19.4 Å². The third kappa shape index (κ3) is 61.4. The van der Waals surface area contributed by atoms with E-state index in [0.717, 1.165) is 44.9 Å². The maximum Gasteiger partial charge on any atom is 0.305 e. The first kappa shape index (κ1) is 73.3. The van der Waals surface area contributed by atoms with Gasteiger partial charge in [-0.25, -0.2) is 0 Å². The first-order chi connectivity index (χ1) is 37.0. The molecule has 0 heterocycles. The highest BCUT2D eigenvalue weighted by Gasteiger charge is 2.18. The predicted octanol–water partition coefficient (Wildman–Crippen LogP) is 21.8. The summed E-state index contributed by atoms with van der Waals surface area (Å²) in [6.07, 6.45) is 81.1. The Labute approximate surface area is 469 Å². The van der Waals surface area contributed by atoms with E-state index in [1.807, 2.05) is 6.08 Å². The van der Waals surface area contributed by atoms with Gasteiger partial charge in [-0.1, -0.05) is 340 Å². The third-order valence-electron chi connectivity index (χ3n) is 16.0. The highest BCUT2D eigenvalue weighted by atomic mass is 16.5. The molecule has 0 aliphatic heterocycles. The molecule has 444 valence electrons. The molecule has 2 atom stereocenters. The number of esters is 1. The Hall–Kier alpha value is -1.66. The summed E-state index contributed by atoms with van der Waals surface area (Å²) in [5.74, 6) is -0.0515. The highest BCUT2D eigenvalue weighted by molar-refractivity contribution is 5.76. The zero-order valence-corrected chi connectivity index (χ0v) is 50.8. The van der Waals surface area contributed by atoms with Crippen molar-refractivity contribution >= 4 is 11.9 Å². The standard InChI is InChI=1S/C69H133NO5/c1-3-5-7-9-11-13-15-16-17-35-38-42-45-49-53-57-61-67(72)66(65-71)70-68(73)62-58-54-50-46-43-39-36-33-31-29-27-25-23-21-19-18-20-22-24-26-28-30-32-34-37-40-44-48-52-56-60-64-75-69(74)63-59-55-51-47-41-14-12-10-8-6-4-2/h10,12,57,61,66-67,71-72H,3-9,11,13-56,58-60,62-65H2,1-2H3,(H,70,73)/b12-10-,61-57+. The van der Waals surface area contributed by atoms with E-state index in [4.69, 9.17) is 4.74 Å². The average Bonchev–Trinajstić information content (AvgIpc) is 3.41. The summed E-state index contributed by atoms with van der Waals surface area (Å²) in [6.45, 7) is 4.90. The number of unbranched alkanes of at least 4 members (excludes halogenated alkanes) is 51. The largest absolute Gasteiger partial charge is 0.466 e. The monoisotopic (exact) mass is 1060 g/mol. The number of carbonyl (C=O) groups excluding carboxylic acids is 2. The van der Waals surface area contributed by atoms with Crippen LogP contribution in [0.5, 0.6) is 0 Å². The van der Waals surface area contributed by atoms with Crippen LogP contribution in [0.1, 0.15) is 380 Å². The summed E-state index contributed by atoms with van der Waals surface area (Å²) in [5.41, 5.74) is 0. The molecule has 0 saturated carbocycles. The molecule has 0 fully saturated rings. The van der Waals surface area contributed by atoms with Gasteiger partial charge in [0.2, 0.25) is 5.91 Å². The van der Waals surface area contributed by atoms with Crippen LogP contribution < -0.4 is 5.32 Å². The second-order valence-electron chi connectivity index (χ2n) is 23.5. The molecule has 2 unspecified atom stereocenters. The average molecular weight is 1060 g/mol. The predicted molar refractivity (Wildman–Crippen MR) is 329 cm³/mol. The molecule has 0 aromatic carbocycles. The van der Waals surface area contributed by atoms with Gasteiger partial charge in [-0.3, -0.25) is 9.59 Å². The van der Waals surface area contributed by atoms with Crippen molar-refractivity contribution in [2.24, 2.45) is 0 Å². The van der Waals surface area contributed by atoms with Crippen molar-refractivity contribution in [1.29, 1.82) is 0 Å². The van der Waals surface area contributed by atoms with E-state index < -0.39 is 12.1 Å². The van der Waals surface area contributed by atoms with Gasteiger partial charge in [0.1, 0.15) is 0 Å². The lowest BCUT2D eigenvalue weighted by Crippen LogP contribution is -2.45. The molecule has 0 aliphatic rings. The molecule has 0 bridgehead atoms. The number of hydrogen-bond donors (Lipinski definition) is 3. The van der Waals surface area contributed by atoms with Gasteiger partial charge in [0.25, 0.3) is 0 Å². The van der Waals surface area contributed by atoms with Crippen LogP contribution in [0.25, 0.3) is 0 Å². The minimum atomic E-state index is -0.841. The molecule has 0 saturated heterocycles. The van der Waals surface area contributed by atoms with E-state index >= 15 is 0 Å². The molecule has 3 N–H and O–H groups in total. The van der Waals surface area contributed by atoms with Gasteiger partial charge in [0.15, 0.2) is 0 Å². The summed E-state index contributed by atoms with van der Waals surface area (Å²) >= 11 is 0. The molecule has 6 nitrogen and oxygen atoms in total. The van der Waals surface area contributed by atoms with Gasteiger partial charge in [-0.15, -0.1) is 0 Å². The fraction of sp³-hybridized carbons (Fsp3) is 0.913. The molecule has 0 aromatic rings. The number of allylic oxidation sites excluding steroid dienone is 3. The maximum atomic E-state index is 12.5. The van der Waals surface area contributed by atoms with Crippen LogP contribution in [0.2, 0.25) is 0 Å². The molecule has 75 heavy (non-hydrogen) atoms. The lowest BCUT2D eigenvalue weighted by Gasteiger charge is -2.20. The van der Waals surface area contributed by atoms with Crippen molar-refractivity contribution in [1.82, 2.24) is 5.32 Å². The van der Waals surface area contributed by atoms with Crippen LogP contribution in [0, 0.1) is 0 Å². The Kier molecular flexibility index (Phi) is 63.4. The Balaban J connectivity index is 3.34. The van der Waals surface area contributed by atoms with E-state index in [2.05, 4.69) is 31.3 Å². The Bertz CT molecular complexity index is 1170. The van der Waals surface area contributed by atoms with E-state index in [1.54, 1.807) is 6.08 Å².